The Bertz CT molecular complexity index is 374. The molecule has 0 aromatic rings. The lowest BCUT2D eigenvalue weighted by molar-refractivity contribution is 0.425. The van der Waals surface area contributed by atoms with Gasteiger partial charge in [-0.25, -0.2) is 21.1 Å². The lowest BCUT2D eigenvalue weighted by Crippen LogP contribution is -2.36. The summed E-state index contributed by atoms with van der Waals surface area (Å²) in [5.74, 6) is 0. The summed E-state index contributed by atoms with van der Waals surface area (Å²) >= 11 is 0. The Balaban J connectivity index is 4.67. The van der Waals surface area contributed by atoms with Gasteiger partial charge in [0.05, 0.1) is 0 Å². The number of nitrogens with zero attached hydrogens (tertiary/aromatic N) is 1. The van der Waals surface area contributed by atoms with E-state index in [1.807, 2.05) is 0 Å². The van der Waals surface area contributed by atoms with Gasteiger partial charge in [-0.15, -0.1) is 0 Å². The second-order valence-corrected chi connectivity index (χ2v) is 7.76. The lowest BCUT2D eigenvalue weighted by atomic mass is 10.4. The molecule has 0 saturated carbocycles. The van der Waals surface area contributed by atoms with Crippen molar-refractivity contribution in [1.29, 1.82) is 0 Å². The maximum atomic E-state index is 11.6. The molecular formula is C7H18N2O4S2. The van der Waals surface area contributed by atoms with Gasteiger partial charge in [0.15, 0.2) is 14.9 Å². The number of nitrogens with two attached hydrogens (primary N) is 1. The zero-order chi connectivity index (χ0) is 12.1. The Morgan fingerprint density at radius 2 is 1.73 bits per heavy atom. The molecule has 92 valence electrons. The van der Waals surface area contributed by atoms with Gasteiger partial charge in [-0.2, -0.15) is 0 Å². The van der Waals surface area contributed by atoms with E-state index in [0.717, 1.165) is 10.6 Å². The maximum Gasteiger partial charge on any atom is 0.228 e. The summed E-state index contributed by atoms with van der Waals surface area (Å²) < 4.78 is 46.1. The average molecular weight is 258 g/mol. The average Bonchev–Trinajstić information content (AvgIpc) is 2.00. The summed E-state index contributed by atoms with van der Waals surface area (Å²) in [6, 6.07) is 0. The first kappa shape index (κ1) is 14.8. The van der Waals surface area contributed by atoms with E-state index in [1.54, 1.807) is 6.92 Å². The number of sulfonamides is 1. The quantitative estimate of drug-likeness (QED) is 0.631. The molecule has 0 bridgehead atoms. The van der Waals surface area contributed by atoms with Gasteiger partial charge in [0.25, 0.3) is 0 Å². The molecule has 0 unspecified atom stereocenters. The van der Waals surface area contributed by atoms with Gasteiger partial charge in [0, 0.05) is 19.3 Å². The van der Waals surface area contributed by atoms with Gasteiger partial charge in [0.2, 0.25) is 10.0 Å². The minimum Gasteiger partial charge on any atom is -0.330 e. The van der Waals surface area contributed by atoms with E-state index in [1.165, 1.54) is 0 Å². The predicted octanol–water partition coefficient (Wildman–Crippen LogP) is -1.01. The molecule has 0 rings (SSSR count). The highest BCUT2D eigenvalue weighted by Gasteiger charge is 2.24. The number of rotatable bonds is 7. The Labute approximate surface area is 91.4 Å². The summed E-state index contributed by atoms with van der Waals surface area (Å²) in [6.45, 7) is 2.57. The first-order valence-corrected chi connectivity index (χ1v) is 8.25. The summed E-state index contributed by atoms with van der Waals surface area (Å²) in [7, 11) is -7.24. The lowest BCUT2D eigenvalue weighted by Gasteiger charge is -2.19. The molecule has 0 heterocycles. The zero-order valence-electron chi connectivity index (χ0n) is 9.01. The van der Waals surface area contributed by atoms with E-state index in [2.05, 4.69) is 0 Å². The monoisotopic (exact) mass is 258 g/mol. The van der Waals surface area contributed by atoms with Crippen LogP contribution in [0.5, 0.6) is 0 Å². The molecule has 0 aromatic carbocycles. The van der Waals surface area contributed by atoms with E-state index in [4.69, 9.17) is 5.73 Å². The van der Waals surface area contributed by atoms with Crippen molar-refractivity contribution in [2.45, 2.75) is 13.3 Å². The summed E-state index contributed by atoms with van der Waals surface area (Å²) in [5.41, 5.74) is 5.26. The SMILES string of the molecule is CCN(CCCN)S(=O)(=O)CS(C)(=O)=O. The van der Waals surface area contributed by atoms with Gasteiger partial charge in [-0.05, 0) is 13.0 Å². The fourth-order valence-corrected chi connectivity index (χ4v) is 4.67. The fraction of sp³-hybridized carbons (Fsp3) is 1.00. The van der Waals surface area contributed by atoms with Gasteiger partial charge in [-0.1, -0.05) is 6.92 Å². The second kappa shape index (κ2) is 5.78. The predicted molar refractivity (Wildman–Crippen MR) is 59.5 cm³/mol. The molecule has 0 spiro atoms. The van der Waals surface area contributed by atoms with Crippen LogP contribution in [-0.4, -0.2) is 52.1 Å². The number of hydrogen-bond donors (Lipinski definition) is 1. The van der Waals surface area contributed by atoms with Crippen LogP contribution in [0.15, 0.2) is 0 Å². The highest BCUT2D eigenvalue weighted by Crippen LogP contribution is 2.05. The molecule has 0 saturated heterocycles. The summed E-state index contributed by atoms with van der Waals surface area (Å²) in [6.07, 6.45) is 1.43. The molecule has 0 atom stereocenters. The van der Waals surface area contributed by atoms with E-state index < -0.39 is 24.9 Å². The molecule has 6 nitrogen and oxygen atoms in total. The van der Waals surface area contributed by atoms with E-state index >= 15 is 0 Å². The second-order valence-electron chi connectivity index (χ2n) is 3.29. The summed E-state index contributed by atoms with van der Waals surface area (Å²) in [5, 5.41) is -0.835. The first-order chi connectivity index (χ1) is 6.73. The van der Waals surface area contributed by atoms with Crippen molar-refractivity contribution in [3.05, 3.63) is 0 Å². The number of sulfone groups is 1. The third kappa shape index (κ3) is 6.08. The molecule has 0 aromatic heterocycles. The smallest absolute Gasteiger partial charge is 0.228 e. The molecule has 0 aliphatic rings. The zero-order valence-corrected chi connectivity index (χ0v) is 10.6. The van der Waals surface area contributed by atoms with Crippen LogP contribution < -0.4 is 5.73 Å². The van der Waals surface area contributed by atoms with E-state index in [-0.39, 0.29) is 13.1 Å². The van der Waals surface area contributed by atoms with Crippen molar-refractivity contribution in [2.24, 2.45) is 5.73 Å². The molecular weight excluding hydrogens is 240 g/mol. The molecule has 0 fully saturated rings. The third-order valence-corrected chi connectivity index (χ3v) is 5.85. The molecule has 0 aliphatic carbocycles. The fourth-order valence-electron chi connectivity index (χ4n) is 1.11. The van der Waals surface area contributed by atoms with Gasteiger partial charge >= 0.3 is 0 Å². The highest BCUT2D eigenvalue weighted by molar-refractivity contribution is 8.06. The van der Waals surface area contributed by atoms with Crippen LogP contribution in [0.2, 0.25) is 0 Å². The van der Waals surface area contributed by atoms with Gasteiger partial charge in [0.1, 0.15) is 0 Å². The van der Waals surface area contributed by atoms with Crippen molar-refractivity contribution in [2.75, 3.05) is 31.0 Å². The Hall–Kier alpha value is -0.180. The van der Waals surface area contributed by atoms with Crippen molar-refractivity contribution in [1.82, 2.24) is 4.31 Å². The summed E-state index contributed by atoms with van der Waals surface area (Å²) in [4.78, 5) is 0. The van der Waals surface area contributed by atoms with Crippen LogP contribution >= 0.6 is 0 Å². The van der Waals surface area contributed by atoms with E-state index in [9.17, 15) is 16.8 Å². The minimum absolute atomic E-state index is 0.262. The molecule has 0 aliphatic heterocycles. The standard InChI is InChI=1S/C7H18N2O4S2/c1-3-9(6-4-5-8)15(12,13)7-14(2,10)11/h3-8H2,1-2H3. The highest BCUT2D eigenvalue weighted by atomic mass is 32.3. The first-order valence-electron chi connectivity index (χ1n) is 4.58. The van der Waals surface area contributed by atoms with Gasteiger partial charge < -0.3 is 5.73 Å². The normalized spacial score (nSPS) is 13.3. The van der Waals surface area contributed by atoms with Crippen LogP contribution in [-0.2, 0) is 19.9 Å². The van der Waals surface area contributed by atoms with Crippen molar-refractivity contribution < 1.29 is 16.8 Å². The number of hydrogen-bond acceptors (Lipinski definition) is 5. The molecule has 0 radical (unpaired) electrons. The minimum atomic E-state index is -3.71. The van der Waals surface area contributed by atoms with Crippen LogP contribution in [0.1, 0.15) is 13.3 Å². The third-order valence-electron chi connectivity index (χ3n) is 1.72. The van der Waals surface area contributed by atoms with Crippen LogP contribution in [0.3, 0.4) is 0 Å². The molecule has 8 heteroatoms. The maximum absolute atomic E-state index is 11.6. The van der Waals surface area contributed by atoms with E-state index in [0.29, 0.717) is 13.0 Å². The van der Waals surface area contributed by atoms with Crippen LogP contribution in [0.25, 0.3) is 0 Å². The molecule has 0 amide bonds. The Morgan fingerprint density at radius 1 is 1.20 bits per heavy atom. The topological polar surface area (TPSA) is 97.5 Å². The molecule has 15 heavy (non-hydrogen) atoms. The Kier molecular flexibility index (Phi) is 5.71. The Morgan fingerprint density at radius 3 is 2.07 bits per heavy atom. The van der Waals surface area contributed by atoms with Crippen molar-refractivity contribution in [3.63, 3.8) is 0 Å². The van der Waals surface area contributed by atoms with Gasteiger partial charge in [-0.3, -0.25) is 0 Å². The van der Waals surface area contributed by atoms with Crippen molar-refractivity contribution >= 4 is 19.9 Å². The van der Waals surface area contributed by atoms with Crippen LogP contribution in [0, 0.1) is 0 Å². The molecule has 2 N–H and O–H groups in total. The van der Waals surface area contributed by atoms with Crippen molar-refractivity contribution in [3.8, 4) is 0 Å². The van der Waals surface area contributed by atoms with Crippen LogP contribution in [0.4, 0.5) is 0 Å². The largest absolute Gasteiger partial charge is 0.330 e.